The van der Waals surface area contributed by atoms with Crippen LogP contribution in [0.3, 0.4) is 0 Å². The van der Waals surface area contributed by atoms with Crippen LogP contribution >= 0.6 is 0 Å². The van der Waals surface area contributed by atoms with E-state index >= 15 is 0 Å². The number of benzene rings is 1. The maximum absolute atomic E-state index is 12.3. The molecular formula is C27H38N2O4. The van der Waals surface area contributed by atoms with Gasteiger partial charge in [0, 0.05) is 26.2 Å². The lowest BCUT2D eigenvalue weighted by Gasteiger charge is -2.32. The Kier molecular flexibility index (Phi) is 6.28. The molecule has 2 aliphatic carbocycles. The zero-order valence-electron chi connectivity index (χ0n) is 20.2. The molecule has 33 heavy (non-hydrogen) atoms. The van der Waals surface area contributed by atoms with Gasteiger partial charge >= 0.3 is 6.09 Å². The standard InChI is InChI=1S/C27H38N2O4/c1-19-16-23(5-4-21(19)18-25(30)28-11-3-12-28)32-15-8-22-17-24(22)20-6-13-29(14-7-20)26(31)33-27(2)9-10-27/h4-5,16,20,22,24H,3,6-15,17-18H2,1-2H3. The van der Waals surface area contributed by atoms with Gasteiger partial charge in [0.15, 0.2) is 0 Å². The first-order valence-corrected chi connectivity index (χ1v) is 12.9. The molecule has 2 atom stereocenters. The van der Waals surface area contributed by atoms with Crippen LogP contribution in [-0.2, 0) is 16.0 Å². The fraction of sp³-hybridized carbons (Fsp3) is 0.704. The lowest BCUT2D eigenvalue weighted by Crippen LogP contribution is -2.42. The Balaban J connectivity index is 0.998. The Morgan fingerprint density at radius 1 is 1.09 bits per heavy atom. The Labute approximate surface area is 197 Å². The van der Waals surface area contributed by atoms with E-state index in [4.69, 9.17) is 9.47 Å². The zero-order chi connectivity index (χ0) is 23.0. The number of carbonyl (C=O) groups is 2. The molecule has 1 aromatic rings. The summed E-state index contributed by atoms with van der Waals surface area (Å²) in [6, 6.07) is 6.12. The number of amides is 2. The molecule has 6 nitrogen and oxygen atoms in total. The van der Waals surface area contributed by atoms with E-state index in [9.17, 15) is 9.59 Å². The molecule has 4 fully saturated rings. The second-order valence-corrected chi connectivity index (χ2v) is 10.9. The van der Waals surface area contributed by atoms with Crippen molar-refractivity contribution in [3.05, 3.63) is 29.3 Å². The third-order valence-electron chi connectivity index (χ3n) is 8.29. The predicted molar refractivity (Wildman–Crippen MR) is 126 cm³/mol. The summed E-state index contributed by atoms with van der Waals surface area (Å²) in [7, 11) is 0. The van der Waals surface area contributed by atoms with Crippen molar-refractivity contribution in [2.45, 2.75) is 70.8 Å². The number of rotatable bonds is 8. The zero-order valence-corrected chi connectivity index (χ0v) is 20.2. The maximum atomic E-state index is 12.3. The number of hydrogen-bond donors (Lipinski definition) is 0. The SMILES string of the molecule is Cc1cc(OCCC2CC2C2CCN(C(=O)OC3(C)CC3)CC2)ccc1CC(=O)N1CCC1. The molecule has 2 amide bonds. The highest BCUT2D eigenvalue weighted by molar-refractivity contribution is 5.79. The van der Waals surface area contributed by atoms with Crippen LogP contribution < -0.4 is 4.74 Å². The van der Waals surface area contributed by atoms with Crippen molar-refractivity contribution >= 4 is 12.0 Å². The molecule has 0 N–H and O–H groups in total. The van der Waals surface area contributed by atoms with Crippen molar-refractivity contribution in [2.75, 3.05) is 32.8 Å². The molecule has 1 aromatic carbocycles. The highest BCUT2D eigenvalue weighted by atomic mass is 16.6. The molecule has 0 radical (unpaired) electrons. The quantitative estimate of drug-likeness (QED) is 0.577. The minimum Gasteiger partial charge on any atom is -0.494 e. The summed E-state index contributed by atoms with van der Waals surface area (Å²) in [5, 5.41) is 0. The summed E-state index contributed by atoms with van der Waals surface area (Å²) in [5.41, 5.74) is 2.05. The fourth-order valence-electron chi connectivity index (χ4n) is 5.37. The molecule has 0 aromatic heterocycles. The van der Waals surface area contributed by atoms with Crippen LogP contribution in [0.1, 0.15) is 63.0 Å². The minimum absolute atomic E-state index is 0.111. The van der Waals surface area contributed by atoms with Gasteiger partial charge in [-0.1, -0.05) is 6.07 Å². The van der Waals surface area contributed by atoms with Crippen molar-refractivity contribution in [1.82, 2.24) is 9.80 Å². The van der Waals surface area contributed by atoms with Crippen molar-refractivity contribution in [1.29, 1.82) is 0 Å². The van der Waals surface area contributed by atoms with Crippen molar-refractivity contribution in [3.8, 4) is 5.75 Å². The normalized spacial score (nSPS) is 25.9. The van der Waals surface area contributed by atoms with Crippen molar-refractivity contribution in [3.63, 3.8) is 0 Å². The fourth-order valence-corrected chi connectivity index (χ4v) is 5.37. The molecule has 0 bridgehead atoms. The first-order valence-electron chi connectivity index (χ1n) is 12.9. The van der Waals surface area contributed by atoms with Gasteiger partial charge in [0.05, 0.1) is 13.0 Å². The van der Waals surface area contributed by atoms with Gasteiger partial charge in [-0.05, 0) is 99.8 Å². The number of likely N-dealkylation sites (tertiary alicyclic amines) is 2. The van der Waals surface area contributed by atoms with Crippen LogP contribution in [-0.4, -0.2) is 60.2 Å². The van der Waals surface area contributed by atoms with Gasteiger partial charge in [0.2, 0.25) is 5.91 Å². The van der Waals surface area contributed by atoms with Crippen molar-refractivity contribution in [2.24, 2.45) is 17.8 Å². The Morgan fingerprint density at radius 3 is 2.48 bits per heavy atom. The van der Waals surface area contributed by atoms with Gasteiger partial charge in [-0.15, -0.1) is 0 Å². The van der Waals surface area contributed by atoms with Crippen molar-refractivity contribution < 1.29 is 19.1 Å². The number of piperidine rings is 1. The lowest BCUT2D eigenvalue weighted by atomic mass is 9.91. The van der Waals surface area contributed by atoms with E-state index in [2.05, 4.69) is 13.0 Å². The topological polar surface area (TPSA) is 59.1 Å². The minimum atomic E-state index is -0.181. The van der Waals surface area contributed by atoms with Crippen LogP contribution in [0.25, 0.3) is 0 Å². The van der Waals surface area contributed by atoms with Gasteiger partial charge in [-0.25, -0.2) is 4.79 Å². The number of carbonyl (C=O) groups excluding carboxylic acids is 2. The van der Waals surface area contributed by atoms with Crippen LogP contribution in [0.15, 0.2) is 18.2 Å². The van der Waals surface area contributed by atoms with E-state index in [0.29, 0.717) is 6.42 Å². The second-order valence-electron chi connectivity index (χ2n) is 10.9. The van der Waals surface area contributed by atoms with Gasteiger partial charge in [0.25, 0.3) is 0 Å². The summed E-state index contributed by atoms with van der Waals surface area (Å²) < 4.78 is 11.7. The Bertz CT molecular complexity index is 884. The summed E-state index contributed by atoms with van der Waals surface area (Å²) in [4.78, 5) is 28.4. The van der Waals surface area contributed by atoms with E-state index in [1.807, 2.05) is 28.9 Å². The Morgan fingerprint density at radius 2 is 1.85 bits per heavy atom. The number of hydrogen-bond acceptors (Lipinski definition) is 4. The van der Waals surface area contributed by atoms with Gasteiger partial charge < -0.3 is 19.3 Å². The van der Waals surface area contributed by atoms with E-state index in [1.54, 1.807) is 0 Å². The summed E-state index contributed by atoms with van der Waals surface area (Å²) >= 11 is 0. The predicted octanol–water partition coefficient (Wildman–Crippen LogP) is 4.58. The number of aryl methyl sites for hydroxylation is 1. The molecule has 2 saturated heterocycles. The van der Waals surface area contributed by atoms with E-state index in [-0.39, 0.29) is 17.6 Å². The third-order valence-corrected chi connectivity index (χ3v) is 8.29. The molecule has 5 rings (SSSR count). The average Bonchev–Trinajstić information content (AvgIpc) is 3.67. The maximum Gasteiger partial charge on any atom is 0.410 e. The summed E-state index contributed by atoms with van der Waals surface area (Å²) in [6.45, 7) is 8.33. The molecule has 4 aliphatic rings. The summed E-state index contributed by atoms with van der Waals surface area (Å²) in [5.74, 6) is 3.43. The largest absolute Gasteiger partial charge is 0.494 e. The molecular weight excluding hydrogens is 416 g/mol. The first-order chi connectivity index (χ1) is 15.9. The van der Waals surface area contributed by atoms with E-state index in [1.165, 1.54) is 6.42 Å². The molecule has 6 heteroatoms. The Hall–Kier alpha value is -2.24. The molecule has 2 saturated carbocycles. The second kappa shape index (κ2) is 9.19. The van der Waals surface area contributed by atoms with Crippen LogP contribution in [0.4, 0.5) is 4.79 Å². The van der Waals surface area contributed by atoms with Gasteiger partial charge in [0.1, 0.15) is 11.4 Å². The average molecular weight is 455 g/mol. The van der Waals surface area contributed by atoms with Crippen LogP contribution in [0.5, 0.6) is 5.75 Å². The highest BCUT2D eigenvalue weighted by Crippen LogP contribution is 2.50. The highest BCUT2D eigenvalue weighted by Gasteiger charge is 2.45. The van der Waals surface area contributed by atoms with E-state index in [0.717, 1.165) is 106 Å². The smallest absolute Gasteiger partial charge is 0.410 e. The molecule has 2 heterocycles. The van der Waals surface area contributed by atoms with Gasteiger partial charge in [-0.2, -0.15) is 0 Å². The van der Waals surface area contributed by atoms with Crippen LogP contribution in [0, 0.1) is 24.7 Å². The molecule has 2 aliphatic heterocycles. The summed E-state index contributed by atoms with van der Waals surface area (Å²) in [6.07, 6.45) is 8.12. The van der Waals surface area contributed by atoms with E-state index < -0.39 is 0 Å². The molecule has 2 unspecified atom stereocenters. The van der Waals surface area contributed by atoms with Crippen LogP contribution in [0.2, 0.25) is 0 Å². The van der Waals surface area contributed by atoms with Gasteiger partial charge in [-0.3, -0.25) is 4.79 Å². The monoisotopic (exact) mass is 454 g/mol. The number of nitrogens with zero attached hydrogens (tertiary/aromatic N) is 2. The first kappa shape index (κ1) is 22.5. The molecule has 0 spiro atoms. The third kappa shape index (κ3) is 5.47. The lowest BCUT2D eigenvalue weighted by molar-refractivity contribution is -0.133. The molecule has 180 valence electrons. The number of ether oxygens (including phenoxy) is 2.